The molecule has 2 heteroatoms. The Morgan fingerprint density at radius 3 is 2.50 bits per heavy atom. The van der Waals surface area contributed by atoms with Gasteiger partial charge in [-0.2, -0.15) is 0 Å². The van der Waals surface area contributed by atoms with Crippen molar-refractivity contribution in [3.05, 3.63) is 0 Å². The molecule has 0 radical (unpaired) electrons. The summed E-state index contributed by atoms with van der Waals surface area (Å²) in [7, 11) is 0. The van der Waals surface area contributed by atoms with Crippen LogP contribution in [0.4, 0.5) is 0 Å². The maximum Gasteiger partial charge on any atom is 0.316 e. The largest absolute Gasteiger partial charge is 0.373 e. The Kier molecular flexibility index (Phi) is 1.91. The zero-order chi connectivity index (χ0) is 4.99. The topological polar surface area (TPSA) is 26.3 Å². The molecule has 0 amide bonds. The lowest BCUT2D eigenvalue weighted by Crippen LogP contribution is -1.88. The SMILES string of the molecule is C#COC(C)=O. The first-order chi connectivity index (χ1) is 2.77. The van der Waals surface area contributed by atoms with E-state index in [2.05, 4.69) is 11.2 Å². The van der Waals surface area contributed by atoms with Gasteiger partial charge in [0.15, 0.2) is 0 Å². The number of rotatable bonds is 0. The first kappa shape index (κ1) is 5.03. The van der Waals surface area contributed by atoms with E-state index in [1.807, 2.05) is 0 Å². The van der Waals surface area contributed by atoms with Gasteiger partial charge in [-0.1, -0.05) is 6.42 Å². The fourth-order valence-electron chi connectivity index (χ4n) is 0.0830. The highest BCUT2D eigenvalue weighted by molar-refractivity contribution is 5.67. The molecule has 0 aliphatic heterocycles. The molecule has 0 saturated carbocycles. The first-order valence-electron chi connectivity index (χ1n) is 1.40. The summed E-state index contributed by atoms with van der Waals surface area (Å²) in [4.78, 5) is 9.68. The maximum absolute atomic E-state index is 9.68. The van der Waals surface area contributed by atoms with Gasteiger partial charge < -0.3 is 4.74 Å². The molecule has 6 heavy (non-hydrogen) atoms. The molecule has 0 aliphatic carbocycles. The second-order valence-corrected chi connectivity index (χ2v) is 0.711. The highest BCUT2D eigenvalue weighted by Crippen LogP contribution is 1.65. The van der Waals surface area contributed by atoms with E-state index in [0.717, 1.165) is 0 Å². The van der Waals surface area contributed by atoms with Gasteiger partial charge in [0, 0.05) is 6.92 Å². The lowest BCUT2D eigenvalue weighted by atomic mass is 10.8. The van der Waals surface area contributed by atoms with Crippen molar-refractivity contribution in [2.75, 3.05) is 0 Å². The van der Waals surface area contributed by atoms with Crippen LogP contribution in [-0.4, -0.2) is 5.97 Å². The zero-order valence-corrected chi connectivity index (χ0v) is 3.39. The van der Waals surface area contributed by atoms with Gasteiger partial charge in [0.1, 0.15) is 6.11 Å². The second kappa shape index (κ2) is 2.28. The van der Waals surface area contributed by atoms with Gasteiger partial charge in [0.2, 0.25) is 0 Å². The van der Waals surface area contributed by atoms with E-state index in [0.29, 0.717) is 0 Å². The number of ether oxygens (including phenoxy) is 1. The van der Waals surface area contributed by atoms with Crippen LogP contribution >= 0.6 is 0 Å². The molecule has 0 saturated heterocycles. The Hall–Kier alpha value is -0.970. The minimum absolute atomic E-state index is 0.447. The van der Waals surface area contributed by atoms with Crippen molar-refractivity contribution in [3.63, 3.8) is 0 Å². The van der Waals surface area contributed by atoms with Crippen LogP contribution in [0, 0.1) is 12.5 Å². The molecule has 0 aromatic rings. The van der Waals surface area contributed by atoms with Crippen LogP contribution in [0.25, 0.3) is 0 Å². The maximum atomic E-state index is 9.68. The Morgan fingerprint density at radius 2 is 2.50 bits per heavy atom. The third kappa shape index (κ3) is 3.03. The van der Waals surface area contributed by atoms with Crippen LogP contribution in [0.15, 0.2) is 0 Å². The summed E-state index contributed by atoms with van der Waals surface area (Å²) in [5.74, 6) is -0.447. The lowest BCUT2D eigenvalue weighted by molar-refractivity contribution is -0.134. The number of carbonyl (C=O) groups is 1. The van der Waals surface area contributed by atoms with E-state index in [1.54, 1.807) is 6.11 Å². The highest BCUT2D eigenvalue weighted by atomic mass is 16.5. The van der Waals surface area contributed by atoms with Gasteiger partial charge in [0.05, 0.1) is 0 Å². The Balaban J connectivity index is 3.13. The van der Waals surface area contributed by atoms with E-state index in [9.17, 15) is 4.79 Å². The zero-order valence-electron chi connectivity index (χ0n) is 3.39. The molecule has 0 aromatic carbocycles. The standard InChI is InChI=1S/C4H4O2/c1-3-6-4(2)5/h1H,2H3. The fraction of sp³-hybridized carbons (Fsp3) is 0.250. The summed E-state index contributed by atoms with van der Waals surface area (Å²) in [6.07, 6.45) is 6.25. The summed E-state index contributed by atoms with van der Waals surface area (Å²) in [5.41, 5.74) is 0. The Bertz CT molecular complexity index is 88.2. The molecule has 2 nitrogen and oxygen atoms in total. The van der Waals surface area contributed by atoms with E-state index in [1.165, 1.54) is 6.92 Å². The minimum Gasteiger partial charge on any atom is -0.373 e. The molecule has 0 atom stereocenters. The summed E-state index contributed by atoms with van der Waals surface area (Å²) in [6, 6.07) is 0. The van der Waals surface area contributed by atoms with Gasteiger partial charge in [-0.05, 0) is 0 Å². The quantitative estimate of drug-likeness (QED) is 0.308. The third-order valence-corrected chi connectivity index (χ3v) is 0.203. The van der Waals surface area contributed by atoms with Gasteiger partial charge in [-0.25, -0.2) is 0 Å². The van der Waals surface area contributed by atoms with Crippen LogP contribution in [0.1, 0.15) is 6.92 Å². The normalized spacial score (nSPS) is 6.00. The monoisotopic (exact) mass is 84.0 g/mol. The van der Waals surface area contributed by atoms with Crippen LogP contribution in [0.5, 0.6) is 0 Å². The summed E-state index contributed by atoms with van der Waals surface area (Å²) in [6.45, 7) is 1.25. The van der Waals surface area contributed by atoms with E-state index >= 15 is 0 Å². The van der Waals surface area contributed by atoms with Crippen molar-refractivity contribution < 1.29 is 9.53 Å². The van der Waals surface area contributed by atoms with Crippen molar-refractivity contribution in [2.24, 2.45) is 0 Å². The number of hydrogen-bond acceptors (Lipinski definition) is 2. The molecule has 32 valence electrons. The van der Waals surface area contributed by atoms with Crippen molar-refractivity contribution in [2.45, 2.75) is 6.92 Å². The van der Waals surface area contributed by atoms with E-state index in [-0.39, 0.29) is 0 Å². The van der Waals surface area contributed by atoms with E-state index < -0.39 is 5.97 Å². The number of hydrogen-bond donors (Lipinski definition) is 0. The Labute approximate surface area is 36.1 Å². The molecule has 0 rings (SSSR count). The van der Waals surface area contributed by atoms with Crippen LogP contribution in [0.3, 0.4) is 0 Å². The van der Waals surface area contributed by atoms with Crippen LogP contribution in [0.2, 0.25) is 0 Å². The molecule has 0 aliphatic rings. The molecule has 0 unspecified atom stereocenters. The summed E-state index contributed by atoms with van der Waals surface area (Å²) in [5, 5.41) is 0. The highest BCUT2D eigenvalue weighted by Gasteiger charge is 1.80. The fourth-order valence-corrected chi connectivity index (χ4v) is 0.0830. The smallest absolute Gasteiger partial charge is 0.316 e. The second-order valence-electron chi connectivity index (χ2n) is 0.711. The summed E-state index contributed by atoms with van der Waals surface area (Å²) >= 11 is 0. The number of carbonyl (C=O) groups excluding carboxylic acids is 1. The lowest BCUT2D eigenvalue weighted by Gasteiger charge is -1.78. The van der Waals surface area contributed by atoms with Gasteiger partial charge >= 0.3 is 5.97 Å². The molecule has 0 bridgehead atoms. The van der Waals surface area contributed by atoms with Gasteiger partial charge in [0.25, 0.3) is 0 Å². The predicted molar refractivity (Wildman–Crippen MR) is 20.6 cm³/mol. The average molecular weight is 84.1 g/mol. The summed E-state index contributed by atoms with van der Waals surface area (Å²) < 4.78 is 3.93. The van der Waals surface area contributed by atoms with Crippen molar-refractivity contribution in [1.82, 2.24) is 0 Å². The number of esters is 1. The van der Waals surface area contributed by atoms with Crippen molar-refractivity contribution in [1.29, 1.82) is 0 Å². The van der Waals surface area contributed by atoms with Crippen molar-refractivity contribution >= 4 is 5.97 Å². The molecule has 0 heterocycles. The molecule has 0 N–H and O–H groups in total. The molecule has 0 spiro atoms. The first-order valence-corrected chi connectivity index (χ1v) is 1.40. The molecular weight excluding hydrogens is 80.0 g/mol. The average Bonchev–Trinajstić information content (AvgIpc) is 1.35. The number of terminal acetylenes is 1. The minimum atomic E-state index is -0.447. The Morgan fingerprint density at radius 1 is 2.00 bits per heavy atom. The predicted octanol–water partition coefficient (Wildman–Crippen LogP) is 0.140. The van der Waals surface area contributed by atoms with E-state index in [4.69, 9.17) is 0 Å². The van der Waals surface area contributed by atoms with Crippen LogP contribution < -0.4 is 0 Å². The van der Waals surface area contributed by atoms with Crippen molar-refractivity contribution in [3.8, 4) is 12.5 Å². The molecular formula is C4H4O2. The molecule has 0 aromatic heterocycles. The van der Waals surface area contributed by atoms with Gasteiger partial charge in [-0.15, -0.1) is 0 Å². The van der Waals surface area contributed by atoms with Crippen LogP contribution in [-0.2, 0) is 9.53 Å². The van der Waals surface area contributed by atoms with Gasteiger partial charge in [-0.3, -0.25) is 4.79 Å². The third-order valence-electron chi connectivity index (χ3n) is 0.203. The molecule has 0 fully saturated rings.